The van der Waals surface area contributed by atoms with Gasteiger partial charge in [0.1, 0.15) is 12.1 Å². The Hall–Kier alpha value is -2.43. The van der Waals surface area contributed by atoms with Gasteiger partial charge in [-0.1, -0.05) is 12.1 Å². The summed E-state index contributed by atoms with van der Waals surface area (Å²) in [6.07, 6.45) is 6.43. The van der Waals surface area contributed by atoms with Crippen LogP contribution in [0.3, 0.4) is 0 Å². The standard InChI is InChI=1S/C15H15N5/c1-10-3-2-4-13-14(10)15(18-8-17-13)19-11-5-12-6-16-9-20(12)7-11/h2-4,6,8-9,11H,5,7H2,1H3,(H,17,18,19). The van der Waals surface area contributed by atoms with Crippen molar-refractivity contribution >= 4 is 16.7 Å². The molecule has 0 spiro atoms. The van der Waals surface area contributed by atoms with E-state index in [1.54, 1.807) is 6.33 Å². The molecule has 0 fully saturated rings. The molecule has 3 aromatic rings. The zero-order valence-corrected chi connectivity index (χ0v) is 11.2. The molecule has 0 bridgehead atoms. The average Bonchev–Trinajstić information content (AvgIpc) is 3.00. The van der Waals surface area contributed by atoms with Crippen LogP contribution in [0.25, 0.3) is 10.9 Å². The first kappa shape index (κ1) is 11.4. The van der Waals surface area contributed by atoms with Crippen molar-refractivity contribution in [1.29, 1.82) is 0 Å². The molecule has 1 unspecified atom stereocenters. The maximum Gasteiger partial charge on any atom is 0.137 e. The molecule has 1 aliphatic rings. The number of nitrogens with zero attached hydrogens (tertiary/aromatic N) is 4. The van der Waals surface area contributed by atoms with Crippen LogP contribution in [-0.2, 0) is 13.0 Å². The Morgan fingerprint density at radius 3 is 3.15 bits per heavy atom. The van der Waals surface area contributed by atoms with Gasteiger partial charge >= 0.3 is 0 Å². The minimum absolute atomic E-state index is 0.366. The molecule has 100 valence electrons. The summed E-state index contributed by atoms with van der Waals surface area (Å²) in [5.74, 6) is 0.928. The average molecular weight is 265 g/mol. The van der Waals surface area contributed by atoms with Crippen molar-refractivity contribution in [2.45, 2.75) is 25.9 Å². The number of fused-ring (bicyclic) bond motifs is 2. The topological polar surface area (TPSA) is 55.6 Å². The molecule has 5 heteroatoms. The van der Waals surface area contributed by atoms with Crippen LogP contribution >= 0.6 is 0 Å². The lowest BCUT2D eigenvalue weighted by atomic mass is 10.1. The van der Waals surface area contributed by atoms with Gasteiger partial charge in [0.25, 0.3) is 0 Å². The Kier molecular flexibility index (Phi) is 2.45. The second-order valence-corrected chi connectivity index (χ2v) is 5.27. The van der Waals surface area contributed by atoms with Crippen LogP contribution < -0.4 is 5.32 Å². The molecule has 0 saturated carbocycles. The first-order chi connectivity index (χ1) is 9.81. The molecule has 2 aromatic heterocycles. The molecule has 0 amide bonds. The van der Waals surface area contributed by atoms with E-state index < -0.39 is 0 Å². The fourth-order valence-electron chi connectivity index (χ4n) is 2.92. The highest BCUT2D eigenvalue weighted by molar-refractivity contribution is 5.91. The van der Waals surface area contributed by atoms with Gasteiger partial charge in [-0.3, -0.25) is 0 Å². The maximum atomic E-state index is 4.43. The predicted octanol–water partition coefficient (Wildman–Crippen LogP) is 2.17. The van der Waals surface area contributed by atoms with Crippen LogP contribution in [0.2, 0.25) is 0 Å². The minimum atomic E-state index is 0.366. The van der Waals surface area contributed by atoms with Crippen LogP contribution in [0.5, 0.6) is 0 Å². The van der Waals surface area contributed by atoms with E-state index >= 15 is 0 Å². The highest BCUT2D eigenvalue weighted by Crippen LogP contribution is 2.25. The van der Waals surface area contributed by atoms with Gasteiger partial charge in [-0.25, -0.2) is 15.0 Å². The van der Waals surface area contributed by atoms with E-state index in [0.29, 0.717) is 6.04 Å². The van der Waals surface area contributed by atoms with Crippen molar-refractivity contribution in [2.75, 3.05) is 5.32 Å². The van der Waals surface area contributed by atoms with Gasteiger partial charge in [-0.15, -0.1) is 0 Å². The highest BCUT2D eigenvalue weighted by atomic mass is 15.1. The number of imidazole rings is 1. The molecule has 0 radical (unpaired) electrons. The Balaban J connectivity index is 1.68. The molecule has 20 heavy (non-hydrogen) atoms. The molecule has 1 aromatic carbocycles. The summed E-state index contributed by atoms with van der Waals surface area (Å²) < 4.78 is 2.19. The van der Waals surface area contributed by atoms with Crippen molar-refractivity contribution in [3.63, 3.8) is 0 Å². The van der Waals surface area contributed by atoms with Crippen molar-refractivity contribution in [2.24, 2.45) is 0 Å². The Bertz CT molecular complexity index is 751. The molecule has 0 aliphatic carbocycles. The first-order valence-electron chi connectivity index (χ1n) is 6.77. The molecule has 3 heterocycles. The Morgan fingerprint density at radius 1 is 1.30 bits per heavy atom. The van der Waals surface area contributed by atoms with Crippen LogP contribution in [0.4, 0.5) is 5.82 Å². The Labute approximate surface area is 116 Å². The lowest BCUT2D eigenvalue weighted by Gasteiger charge is -2.15. The lowest BCUT2D eigenvalue weighted by molar-refractivity contribution is 0.669. The summed E-state index contributed by atoms with van der Waals surface area (Å²) in [7, 11) is 0. The minimum Gasteiger partial charge on any atom is -0.365 e. The van der Waals surface area contributed by atoms with Gasteiger partial charge in [0.2, 0.25) is 0 Å². The third-order valence-electron chi connectivity index (χ3n) is 3.88. The number of nitrogens with one attached hydrogen (secondary N) is 1. The van der Waals surface area contributed by atoms with Crippen LogP contribution in [0, 0.1) is 6.92 Å². The zero-order chi connectivity index (χ0) is 13.5. The zero-order valence-electron chi connectivity index (χ0n) is 11.2. The largest absolute Gasteiger partial charge is 0.365 e. The molecule has 4 rings (SSSR count). The van der Waals surface area contributed by atoms with E-state index in [-0.39, 0.29) is 0 Å². The molecule has 1 atom stereocenters. The smallest absolute Gasteiger partial charge is 0.137 e. The molecular weight excluding hydrogens is 250 g/mol. The predicted molar refractivity (Wildman–Crippen MR) is 77.6 cm³/mol. The third kappa shape index (κ3) is 1.74. The fraction of sp³-hybridized carbons (Fsp3) is 0.267. The normalized spacial score (nSPS) is 17.4. The van der Waals surface area contributed by atoms with Gasteiger partial charge < -0.3 is 9.88 Å². The van der Waals surface area contributed by atoms with Crippen LogP contribution in [0.15, 0.2) is 37.1 Å². The Morgan fingerprint density at radius 2 is 2.25 bits per heavy atom. The van der Waals surface area contributed by atoms with Crippen molar-refractivity contribution < 1.29 is 0 Å². The van der Waals surface area contributed by atoms with Crippen molar-refractivity contribution in [1.82, 2.24) is 19.5 Å². The fourth-order valence-corrected chi connectivity index (χ4v) is 2.92. The van der Waals surface area contributed by atoms with E-state index in [9.17, 15) is 0 Å². The highest BCUT2D eigenvalue weighted by Gasteiger charge is 2.22. The molecule has 1 N–H and O–H groups in total. The second-order valence-electron chi connectivity index (χ2n) is 5.27. The summed E-state index contributed by atoms with van der Waals surface area (Å²) in [5.41, 5.74) is 3.46. The third-order valence-corrected chi connectivity index (χ3v) is 3.88. The number of hydrogen-bond acceptors (Lipinski definition) is 4. The van der Waals surface area contributed by atoms with Gasteiger partial charge in [0, 0.05) is 30.2 Å². The van der Waals surface area contributed by atoms with Gasteiger partial charge in [0.05, 0.1) is 17.9 Å². The van der Waals surface area contributed by atoms with Gasteiger partial charge in [0.15, 0.2) is 0 Å². The van der Waals surface area contributed by atoms with E-state index in [4.69, 9.17) is 0 Å². The molecular formula is C15H15N5. The van der Waals surface area contributed by atoms with Gasteiger partial charge in [-0.2, -0.15) is 0 Å². The van der Waals surface area contributed by atoms with E-state index in [1.165, 1.54) is 11.3 Å². The second kappa shape index (κ2) is 4.30. The first-order valence-corrected chi connectivity index (χ1v) is 6.77. The van der Waals surface area contributed by atoms with E-state index in [2.05, 4.69) is 37.8 Å². The lowest BCUT2D eigenvalue weighted by Crippen LogP contribution is -2.21. The summed E-state index contributed by atoms with van der Waals surface area (Å²) in [5, 5.41) is 4.67. The summed E-state index contributed by atoms with van der Waals surface area (Å²) in [4.78, 5) is 12.9. The quantitative estimate of drug-likeness (QED) is 0.771. The molecule has 0 saturated heterocycles. The maximum absolute atomic E-state index is 4.43. The SMILES string of the molecule is Cc1cccc2ncnc(NC3Cc4cncn4C3)c12. The number of aromatic nitrogens is 4. The number of benzene rings is 1. The van der Waals surface area contributed by atoms with Crippen molar-refractivity contribution in [3.8, 4) is 0 Å². The van der Waals surface area contributed by atoms with Gasteiger partial charge in [-0.05, 0) is 18.6 Å². The van der Waals surface area contributed by atoms with E-state index in [1.807, 2.05) is 24.7 Å². The van der Waals surface area contributed by atoms with Crippen molar-refractivity contribution in [3.05, 3.63) is 48.3 Å². The summed E-state index contributed by atoms with van der Waals surface area (Å²) in [6.45, 7) is 3.03. The van der Waals surface area contributed by atoms with Crippen LogP contribution in [0.1, 0.15) is 11.3 Å². The number of rotatable bonds is 2. The van der Waals surface area contributed by atoms with E-state index in [0.717, 1.165) is 29.7 Å². The van der Waals surface area contributed by atoms with Crippen LogP contribution in [-0.4, -0.2) is 25.6 Å². The summed E-state index contributed by atoms with van der Waals surface area (Å²) >= 11 is 0. The molecule has 1 aliphatic heterocycles. The number of hydrogen-bond donors (Lipinski definition) is 1. The number of aryl methyl sites for hydroxylation is 1. The summed E-state index contributed by atoms with van der Waals surface area (Å²) in [6, 6.07) is 6.52. The number of anilines is 1. The molecule has 5 nitrogen and oxygen atoms in total. The monoisotopic (exact) mass is 265 g/mol.